The first-order chi connectivity index (χ1) is 6.22. The summed E-state index contributed by atoms with van der Waals surface area (Å²) in [6.45, 7) is 6.19. The first-order valence-electron chi connectivity index (χ1n) is 5.33. The normalized spacial score (nSPS) is 28.4. The molecule has 0 saturated carbocycles. The Bertz CT molecular complexity index is 141. The number of hydrogen-bond donors (Lipinski definition) is 2. The molecule has 0 aliphatic carbocycles. The SMILES string of the molecule is CC(CN)CN1CCCC(O)CC1. The predicted octanol–water partition coefficient (Wildman–Crippen LogP) is 0.428. The van der Waals surface area contributed by atoms with Crippen molar-refractivity contribution in [3.8, 4) is 0 Å². The highest BCUT2D eigenvalue weighted by Gasteiger charge is 2.15. The van der Waals surface area contributed by atoms with Gasteiger partial charge in [0.2, 0.25) is 0 Å². The molecule has 0 aromatic rings. The van der Waals surface area contributed by atoms with Gasteiger partial charge in [0.05, 0.1) is 6.10 Å². The minimum absolute atomic E-state index is 0.0711. The first kappa shape index (κ1) is 11.0. The second kappa shape index (κ2) is 5.58. The van der Waals surface area contributed by atoms with Gasteiger partial charge in [-0.05, 0) is 38.3 Å². The molecule has 0 aromatic carbocycles. The van der Waals surface area contributed by atoms with Crippen LogP contribution in [-0.2, 0) is 0 Å². The molecule has 3 nitrogen and oxygen atoms in total. The van der Waals surface area contributed by atoms with E-state index in [0.29, 0.717) is 5.92 Å². The van der Waals surface area contributed by atoms with Crippen LogP contribution in [0.2, 0.25) is 0 Å². The van der Waals surface area contributed by atoms with Crippen LogP contribution in [-0.4, -0.2) is 42.3 Å². The lowest BCUT2D eigenvalue weighted by atomic mass is 10.1. The molecule has 0 radical (unpaired) electrons. The van der Waals surface area contributed by atoms with Gasteiger partial charge in [0.15, 0.2) is 0 Å². The minimum Gasteiger partial charge on any atom is -0.393 e. The average Bonchev–Trinajstić information content (AvgIpc) is 2.31. The maximum atomic E-state index is 9.45. The van der Waals surface area contributed by atoms with Crippen LogP contribution in [0.1, 0.15) is 26.2 Å². The topological polar surface area (TPSA) is 49.5 Å². The van der Waals surface area contributed by atoms with E-state index in [1.54, 1.807) is 0 Å². The van der Waals surface area contributed by atoms with E-state index < -0.39 is 0 Å². The molecule has 13 heavy (non-hydrogen) atoms. The lowest BCUT2D eigenvalue weighted by molar-refractivity contribution is 0.153. The van der Waals surface area contributed by atoms with Crippen LogP contribution in [0, 0.1) is 5.92 Å². The van der Waals surface area contributed by atoms with Crippen LogP contribution < -0.4 is 5.73 Å². The maximum absolute atomic E-state index is 9.45. The molecular formula is C10H22N2O. The van der Waals surface area contributed by atoms with Crippen molar-refractivity contribution in [2.75, 3.05) is 26.2 Å². The average molecular weight is 186 g/mol. The molecule has 0 amide bonds. The molecule has 1 heterocycles. The molecular weight excluding hydrogens is 164 g/mol. The van der Waals surface area contributed by atoms with Crippen molar-refractivity contribution < 1.29 is 5.11 Å². The van der Waals surface area contributed by atoms with Crippen molar-refractivity contribution in [2.24, 2.45) is 11.7 Å². The summed E-state index contributed by atoms with van der Waals surface area (Å²) in [4.78, 5) is 2.42. The Morgan fingerprint density at radius 1 is 1.46 bits per heavy atom. The predicted molar refractivity (Wildman–Crippen MR) is 54.5 cm³/mol. The highest BCUT2D eigenvalue weighted by Crippen LogP contribution is 2.11. The molecule has 2 unspecified atom stereocenters. The second-order valence-electron chi connectivity index (χ2n) is 4.23. The zero-order valence-corrected chi connectivity index (χ0v) is 8.58. The van der Waals surface area contributed by atoms with E-state index in [-0.39, 0.29) is 6.10 Å². The van der Waals surface area contributed by atoms with E-state index in [0.717, 1.165) is 45.4 Å². The number of nitrogens with two attached hydrogens (primary N) is 1. The standard InChI is InChI=1S/C10H22N2O/c1-9(7-11)8-12-5-2-3-10(13)4-6-12/h9-10,13H,2-8,11H2,1H3. The molecule has 2 atom stereocenters. The molecule has 0 spiro atoms. The Kier molecular flexibility index (Phi) is 4.70. The largest absolute Gasteiger partial charge is 0.393 e. The highest BCUT2D eigenvalue weighted by atomic mass is 16.3. The molecule has 3 N–H and O–H groups in total. The van der Waals surface area contributed by atoms with E-state index in [4.69, 9.17) is 5.73 Å². The molecule has 1 saturated heterocycles. The lowest BCUT2D eigenvalue weighted by Crippen LogP contribution is -2.32. The van der Waals surface area contributed by atoms with Gasteiger partial charge in [-0.2, -0.15) is 0 Å². The van der Waals surface area contributed by atoms with E-state index in [1.165, 1.54) is 0 Å². The van der Waals surface area contributed by atoms with Crippen LogP contribution in [0.15, 0.2) is 0 Å². The smallest absolute Gasteiger partial charge is 0.0553 e. The molecule has 1 aliphatic heterocycles. The maximum Gasteiger partial charge on any atom is 0.0553 e. The Labute approximate surface area is 80.9 Å². The molecule has 0 bridgehead atoms. The third-order valence-corrected chi connectivity index (χ3v) is 2.76. The first-order valence-corrected chi connectivity index (χ1v) is 5.33. The fourth-order valence-corrected chi connectivity index (χ4v) is 1.84. The zero-order valence-electron chi connectivity index (χ0n) is 8.58. The van der Waals surface area contributed by atoms with Crippen LogP contribution in [0.3, 0.4) is 0 Å². The molecule has 1 aliphatic rings. The van der Waals surface area contributed by atoms with Crippen LogP contribution >= 0.6 is 0 Å². The number of rotatable bonds is 3. The summed E-state index contributed by atoms with van der Waals surface area (Å²) in [5.41, 5.74) is 5.58. The van der Waals surface area contributed by atoms with Crippen molar-refractivity contribution in [1.82, 2.24) is 4.90 Å². The molecule has 78 valence electrons. The summed E-state index contributed by atoms with van der Waals surface area (Å²) in [5.74, 6) is 0.579. The van der Waals surface area contributed by atoms with E-state index in [2.05, 4.69) is 11.8 Å². The number of likely N-dealkylation sites (tertiary alicyclic amines) is 1. The Hall–Kier alpha value is -0.120. The van der Waals surface area contributed by atoms with Gasteiger partial charge in [-0.25, -0.2) is 0 Å². The Morgan fingerprint density at radius 3 is 2.92 bits per heavy atom. The van der Waals surface area contributed by atoms with Crippen LogP contribution in [0.4, 0.5) is 0 Å². The second-order valence-corrected chi connectivity index (χ2v) is 4.23. The van der Waals surface area contributed by atoms with Gasteiger partial charge < -0.3 is 15.7 Å². The van der Waals surface area contributed by atoms with Gasteiger partial charge in [-0.15, -0.1) is 0 Å². The fraction of sp³-hybridized carbons (Fsp3) is 1.00. The van der Waals surface area contributed by atoms with Gasteiger partial charge in [0.25, 0.3) is 0 Å². The summed E-state index contributed by atoms with van der Waals surface area (Å²) >= 11 is 0. The molecule has 3 heteroatoms. The molecule has 1 rings (SSSR count). The highest BCUT2D eigenvalue weighted by molar-refractivity contribution is 4.70. The Morgan fingerprint density at radius 2 is 2.23 bits per heavy atom. The fourth-order valence-electron chi connectivity index (χ4n) is 1.84. The van der Waals surface area contributed by atoms with Crippen molar-refractivity contribution in [3.05, 3.63) is 0 Å². The van der Waals surface area contributed by atoms with Crippen molar-refractivity contribution in [1.29, 1.82) is 0 Å². The van der Waals surface area contributed by atoms with Gasteiger partial charge in [0, 0.05) is 13.1 Å². The number of aliphatic hydroxyl groups excluding tert-OH is 1. The van der Waals surface area contributed by atoms with E-state index in [9.17, 15) is 5.11 Å². The van der Waals surface area contributed by atoms with E-state index >= 15 is 0 Å². The van der Waals surface area contributed by atoms with Gasteiger partial charge >= 0.3 is 0 Å². The Balaban J connectivity index is 2.25. The van der Waals surface area contributed by atoms with E-state index in [1.807, 2.05) is 0 Å². The number of hydrogen-bond acceptors (Lipinski definition) is 3. The minimum atomic E-state index is -0.0711. The summed E-state index contributed by atoms with van der Waals surface area (Å²) in [7, 11) is 0. The van der Waals surface area contributed by atoms with Gasteiger partial charge in [0.1, 0.15) is 0 Å². The summed E-state index contributed by atoms with van der Waals surface area (Å²) < 4.78 is 0. The molecule has 0 aromatic heterocycles. The van der Waals surface area contributed by atoms with Crippen LogP contribution in [0.25, 0.3) is 0 Å². The van der Waals surface area contributed by atoms with Crippen molar-refractivity contribution in [2.45, 2.75) is 32.3 Å². The van der Waals surface area contributed by atoms with Gasteiger partial charge in [-0.1, -0.05) is 6.92 Å². The summed E-state index contributed by atoms with van der Waals surface area (Å²) in [6.07, 6.45) is 2.95. The monoisotopic (exact) mass is 186 g/mol. The summed E-state index contributed by atoms with van der Waals surface area (Å²) in [5, 5.41) is 9.45. The third kappa shape index (κ3) is 4.07. The quantitative estimate of drug-likeness (QED) is 0.672. The lowest BCUT2D eigenvalue weighted by Gasteiger charge is -2.22. The summed E-state index contributed by atoms with van der Waals surface area (Å²) in [6, 6.07) is 0. The third-order valence-electron chi connectivity index (χ3n) is 2.76. The number of nitrogens with zero attached hydrogens (tertiary/aromatic N) is 1. The van der Waals surface area contributed by atoms with Crippen molar-refractivity contribution in [3.63, 3.8) is 0 Å². The molecule has 1 fully saturated rings. The van der Waals surface area contributed by atoms with Crippen molar-refractivity contribution >= 4 is 0 Å². The van der Waals surface area contributed by atoms with Gasteiger partial charge in [-0.3, -0.25) is 0 Å². The van der Waals surface area contributed by atoms with Crippen LogP contribution in [0.5, 0.6) is 0 Å². The zero-order chi connectivity index (χ0) is 9.68. The number of aliphatic hydroxyl groups is 1.